The van der Waals surface area contributed by atoms with Gasteiger partial charge in [0.05, 0.1) is 0 Å². The third kappa shape index (κ3) is 3.13. The number of hydrogen-bond acceptors (Lipinski definition) is 1. The van der Waals surface area contributed by atoms with E-state index in [-0.39, 0.29) is 0 Å². The van der Waals surface area contributed by atoms with E-state index in [1.807, 2.05) is 18.2 Å². The molecule has 0 unspecified atom stereocenters. The van der Waals surface area contributed by atoms with Crippen molar-refractivity contribution in [3.8, 4) is 5.75 Å². The zero-order valence-corrected chi connectivity index (χ0v) is 9.07. The highest BCUT2D eigenvalue weighted by molar-refractivity contribution is 5.36. The summed E-state index contributed by atoms with van der Waals surface area (Å²) >= 11 is 0. The van der Waals surface area contributed by atoms with Gasteiger partial charge in [-0.3, -0.25) is 0 Å². The average Bonchev–Trinajstić information content (AvgIpc) is 2.29. The van der Waals surface area contributed by atoms with Crippen LogP contribution in [0.25, 0.3) is 0 Å². The van der Waals surface area contributed by atoms with Gasteiger partial charge in [-0.15, -0.1) is 0 Å². The quantitative estimate of drug-likeness (QED) is 0.517. The maximum Gasteiger partial charge on any atom is 0.130 e. The van der Waals surface area contributed by atoms with E-state index in [9.17, 15) is 0 Å². The van der Waals surface area contributed by atoms with Crippen molar-refractivity contribution in [1.29, 1.82) is 0 Å². The predicted molar refractivity (Wildman–Crippen MR) is 64.9 cm³/mol. The van der Waals surface area contributed by atoms with E-state index in [1.54, 1.807) is 18.2 Å². The van der Waals surface area contributed by atoms with Crippen LogP contribution < -0.4 is 4.74 Å². The molecule has 0 saturated carbocycles. The van der Waals surface area contributed by atoms with Crippen LogP contribution in [-0.4, -0.2) is 0 Å². The molecular formula is C14H16O. The Morgan fingerprint density at radius 2 is 2.07 bits per heavy atom. The molecule has 0 atom stereocenters. The Balaban J connectivity index is 2.92. The summed E-state index contributed by atoms with van der Waals surface area (Å²) in [5.74, 6) is 1.60. The van der Waals surface area contributed by atoms with Gasteiger partial charge in [-0.05, 0) is 30.2 Å². The van der Waals surface area contributed by atoms with E-state index in [1.165, 1.54) is 5.56 Å². The zero-order valence-electron chi connectivity index (χ0n) is 9.07. The Bertz CT molecular complexity index is 375. The van der Waals surface area contributed by atoms with Crippen molar-refractivity contribution in [2.24, 2.45) is 0 Å². The van der Waals surface area contributed by atoms with Crippen LogP contribution in [0.1, 0.15) is 12.5 Å². The number of ether oxygens (including phenoxy) is 1. The van der Waals surface area contributed by atoms with Crippen LogP contribution in [0.4, 0.5) is 0 Å². The molecular weight excluding hydrogens is 184 g/mol. The van der Waals surface area contributed by atoms with Crippen molar-refractivity contribution < 1.29 is 4.74 Å². The lowest BCUT2D eigenvalue weighted by Crippen LogP contribution is -1.95. The van der Waals surface area contributed by atoms with Gasteiger partial charge in [-0.2, -0.15) is 0 Å². The van der Waals surface area contributed by atoms with Crippen molar-refractivity contribution in [1.82, 2.24) is 0 Å². The van der Waals surface area contributed by atoms with Crippen molar-refractivity contribution >= 4 is 0 Å². The molecule has 0 aliphatic rings. The van der Waals surface area contributed by atoms with Gasteiger partial charge in [-0.1, -0.05) is 44.4 Å². The minimum atomic E-state index is 0.714. The number of benzene rings is 1. The third-order valence-electron chi connectivity index (χ3n) is 2.06. The fraction of sp³-hybridized carbons (Fsp3) is 0.143. The van der Waals surface area contributed by atoms with E-state index >= 15 is 0 Å². The number of para-hydroxylation sites is 1. The first kappa shape index (κ1) is 11.3. The molecule has 1 nitrogen and oxygen atoms in total. The minimum absolute atomic E-state index is 0.714. The lowest BCUT2D eigenvalue weighted by atomic mass is 10.1. The smallest absolute Gasteiger partial charge is 0.130 e. The fourth-order valence-electron chi connectivity index (χ4n) is 1.28. The fourth-order valence-corrected chi connectivity index (χ4v) is 1.28. The largest absolute Gasteiger partial charge is 0.457 e. The molecule has 0 spiro atoms. The van der Waals surface area contributed by atoms with Gasteiger partial charge in [0.15, 0.2) is 0 Å². The van der Waals surface area contributed by atoms with E-state index in [0.29, 0.717) is 5.76 Å². The highest BCUT2D eigenvalue weighted by Gasteiger charge is 2.01. The maximum atomic E-state index is 5.70. The standard InChI is InChI=1S/C14H16O/c1-4-9-13(6-3)15-14-11-8-7-10-12(14)5-2/h4,6-11H,1,3,5H2,2H3/b13-9+. The first-order valence-electron chi connectivity index (χ1n) is 5.02. The van der Waals surface area contributed by atoms with Gasteiger partial charge < -0.3 is 4.74 Å². The van der Waals surface area contributed by atoms with Gasteiger partial charge in [0.25, 0.3) is 0 Å². The second kappa shape index (κ2) is 5.86. The molecule has 0 aromatic heterocycles. The monoisotopic (exact) mass is 200 g/mol. The average molecular weight is 200 g/mol. The summed E-state index contributed by atoms with van der Waals surface area (Å²) in [5, 5.41) is 0. The molecule has 0 fully saturated rings. The van der Waals surface area contributed by atoms with Crippen LogP contribution in [0.2, 0.25) is 0 Å². The van der Waals surface area contributed by atoms with Crippen LogP contribution in [-0.2, 0) is 6.42 Å². The maximum absolute atomic E-state index is 5.70. The summed E-state index contributed by atoms with van der Waals surface area (Å²) in [6.07, 6.45) is 6.10. The topological polar surface area (TPSA) is 9.23 Å². The molecule has 0 aliphatic heterocycles. The highest BCUT2D eigenvalue weighted by Crippen LogP contribution is 2.20. The van der Waals surface area contributed by atoms with E-state index < -0.39 is 0 Å². The Kier molecular flexibility index (Phi) is 4.42. The first-order valence-corrected chi connectivity index (χ1v) is 5.02. The van der Waals surface area contributed by atoms with Crippen molar-refractivity contribution in [3.05, 3.63) is 67.0 Å². The Morgan fingerprint density at radius 1 is 1.33 bits per heavy atom. The molecule has 0 bridgehead atoms. The first-order chi connectivity index (χ1) is 7.31. The molecule has 15 heavy (non-hydrogen) atoms. The molecule has 1 aromatic carbocycles. The molecule has 0 radical (unpaired) electrons. The van der Waals surface area contributed by atoms with Gasteiger partial charge in [-0.25, -0.2) is 0 Å². The minimum Gasteiger partial charge on any atom is -0.457 e. The van der Waals surface area contributed by atoms with Crippen LogP contribution in [0, 0.1) is 0 Å². The summed E-state index contributed by atoms with van der Waals surface area (Å²) in [6.45, 7) is 9.42. The summed E-state index contributed by atoms with van der Waals surface area (Å²) in [5.41, 5.74) is 1.19. The van der Waals surface area contributed by atoms with Crippen molar-refractivity contribution in [2.45, 2.75) is 13.3 Å². The second-order valence-electron chi connectivity index (χ2n) is 3.07. The molecule has 1 heteroatoms. The van der Waals surface area contributed by atoms with Gasteiger partial charge >= 0.3 is 0 Å². The van der Waals surface area contributed by atoms with E-state index in [4.69, 9.17) is 4.74 Å². The predicted octanol–water partition coefficient (Wildman–Crippen LogP) is 3.88. The highest BCUT2D eigenvalue weighted by atomic mass is 16.5. The van der Waals surface area contributed by atoms with Crippen LogP contribution in [0.5, 0.6) is 5.75 Å². The van der Waals surface area contributed by atoms with Gasteiger partial charge in [0, 0.05) is 0 Å². The van der Waals surface area contributed by atoms with Crippen LogP contribution >= 0.6 is 0 Å². The SMILES string of the molecule is C=C/C=C(\C=C)Oc1ccccc1CC. The lowest BCUT2D eigenvalue weighted by Gasteiger charge is -2.09. The van der Waals surface area contributed by atoms with Crippen molar-refractivity contribution in [3.63, 3.8) is 0 Å². The third-order valence-corrected chi connectivity index (χ3v) is 2.06. The van der Waals surface area contributed by atoms with Gasteiger partial charge in [0.2, 0.25) is 0 Å². The van der Waals surface area contributed by atoms with E-state index in [2.05, 4.69) is 26.1 Å². The number of allylic oxidation sites excluding steroid dienone is 3. The molecule has 0 saturated heterocycles. The van der Waals surface area contributed by atoms with E-state index in [0.717, 1.165) is 12.2 Å². The molecule has 0 heterocycles. The summed E-state index contributed by atoms with van der Waals surface area (Å²) in [6, 6.07) is 7.99. The molecule has 0 N–H and O–H groups in total. The second-order valence-corrected chi connectivity index (χ2v) is 3.07. The Morgan fingerprint density at radius 3 is 2.67 bits per heavy atom. The molecule has 1 aromatic rings. The normalized spacial score (nSPS) is 10.9. The number of rotatable bonds is 5. The Hall–Kier alpha value is -1.76. The number of hydrogen-bond donors (Lipinski definition) is 0. The lowest BCUT2D eigenvalue weighted by molar-refractivity contribution is 0.440. The summed E-state index contributed by atoms with van der Waals surface area (Å²) < 4.78 is 5.70. The molecule has 1 rings (SSSR count). The number of aryl methyl sites for hydroxylation is 1. The molecule has 78 valence electrons. The zero-order chi connectivity index (χ0) is 11.1. The summed E-state index contributed by atoms with van der Waals surface area (Å²) in [4.78, 5) is 0. The van der Waals surface area contributed by atoms with Crippen LogP contribution in [0.15, 0.2) is 61.4 Å². The Labute approximate surface area is 91.4 Å². The summed E-state index contributed by atoms with van der Waals surface area (Å²) in [7, 11) is 0. The van der Waals surface area contributed by atoms with Crippen LogP contribution in [0.3, 0.4) is 0 Å². The molecule has 0 aliphatic carbocycles. The van der Waals surface area contributed by atoms with Gasteiger partial charge in [0.1, 0.15) is 11.5 Å². The molecule has 0 amide bonds. The van der Waals surface area contributed by atoms with Crippen molar-refractivity contribution in [2.75, 3.05) is 0 Å².